The van der Waals surface area contributed by atoms with Crippen LogP contribution >= 0.6 is 0 Å². The minimum absolute atomic E-state index is 0.0173. The Morgan fingerprint density at radius 3 is 2.71 bits per heavy atom. The van der Waals surface area contributed by atoms with E-state index in [4.69, 9.17) is 4.74 Å². The molecule has 0 spiro atoms. The van der Waals surface area contributed by atoms with Crippen molar-refractivity contribution in [1.29, 1.82) is 0 Å². The minimum atomic E-state index is -0.0173. The molecule has 1 atom stereocenters. The van der Waals surface area contributed by atoms with Gasteiger partial charge in [0.05, 0.1) is 30.7 Å². The second-order valence-corrected chi connectivity index (χ2v) is 4.82. The lowest BCUT2D eigenvalue weighted by atomic mass is 10.1. The molecule has 1 N–H and O–H groups in total. The molecule has 0 radical (unpaired) electrons. The Labute approximate surface area is 125 Å². The molecule has 0 amide bonds. The number of rotatable bonds is 8. The third kappa shape index (κ3) is 4.49. The fraction of sp³-hybridized carbons (Fsp3) is 0.438. The SMILES string of the molecule is CCCNC(c1cncc(OCCC)c1)c1cnccn1. The van der Waals surface area contributed by atoms with Gasteiger partial charge in [0.25, 0.3) is 0 Å². The molecule has 0 aliphatic rings. The maximum Gasteiger partial charge on any atom is 0.137 e. The number of ether oxygens (including phenoxy) is 1. The van der Waals surface area contributed by atoms with Crippen LogP contribution in [0.3, 0.4) is 0 Å². The number of nitrogens with one attached hydrogen (secondary N) is 1. The van der Waals surface area contributed by atoms with Crippen LogP contribution in [-0.2, 0) is 0 Å². The van der Waals surface area contributed by atoms with Crippen molar-refractivity contribution in [3.8, 4) is 5.75 Å². The normalized spacial score (nSPS) is 12.1. The van der Waals surface area contributed by atoms with E-state index < -0.39 is 0 Å². The molecule has 2 aromatic heterocycles. The van der Waals surface area contributed by atoms with E-state index in [1.807, 2.05) is 12.3 Å². The van der Waals surface area contributed by atoms with Crippen molar-refractivity contribution in [3.05, 3.63) is 48.3 Å². The van der Waals surface area contributed by atoms with Crippen LogP contribution in [0.2, 0.25) is 0 Å². The van der Waals surface area contributed by atoms with E-state index in [1.165, 1.54) is 0 Å². The average molecular weight is 286 g/mol. The number of aromatic nitrogens is 3. The molecule has 0 aromatic carbocycles. The van der Waals surface area contributed by atoms with Crippen LogP contribution in [0.1, 0.15) is 44.0 Å². The molecule has 5 heteroatoms. The van der Waals surface area contributed by atoms with Gasteiger partial charge in [-0.1, -0.05) is 13.8 Å². The predicted octanol–water partition coefficient (Wildman–Crippen LogP) is 2.75. The van der Waals surface area contributed by atoms with Crippen molar-refractivity contribution in [1.82, 2.24) is 20.3 Å². The van der Waals surface area contributed by atoms with Crippen molar-refractivity contribution >= 4 is 0 Å². The summed E-state index contributed by atoms with van der Waals surface area (Å²) in [5.74, 6) is 0.793. The average Bonchev–Trinajstić information content (AvgIpc) is 2.55. The topological polar surface area (TPSA) is 59.9 Å². The van der Waals surface area contributed by atoms with Gasteiger partial charge in [-0.3, -0.25) is 15.0 Å². The van der Waals surface area contributed by atoms with Gasteiger partial charge in [-0.2, -0.15) is 0 Å². The van der Waals surface area contributed by atoms with Gasteiger partial charge in [0, 0.05) is 18.6 Å². The Morgan fingerprint density at radius 2 is 2.00 bits per heavy atom. The van der Waals surface area contributed by atoms with Crippen LogP contribution in [0.5, 0.6) is 5.75 Å². The molecule has 21 heavy (non-hydrogen) atoms. The highest BCUT2D eigenvalue weighted by Crippen LogP contribution is 2.22. The smallest absolute Gasteiger partial charge is 0.137 e. The lowest BCUT2D eigenvalue weighted by Gasteiger charge is -2.18. The van der Waals surface area contributed by atoms with Gasteiger partial charge in [-0.15, -0.1) is 0 Å². The molecule has 0 bridgehead atoms. The molecule has 112 valence electrons. The maximum atomic E-state index is 5.66. The summed E-state index contributed by atoms with van der Waals surface area (Å²) < 4.78 is 5.66. The van der Waals surface area contributed by atoms with Gasteiger partial charge >= 0.3 is 0 Å². The van der Waals surface area contributed by atoms with Gasteiger partial charge in [0.1, 0.15) is 5.75 Å². The highest BCUT2D eigenvalue weighted by Gasteiger charge is 2.16. The summed E-state index contributed by atoms with van der Waals surface area (Å²) in [5, 5.41) is 3.49. The standard InChI is InChI=1S/C16H22N4O/c1-3-5-20-16(15-12-17-6-7-19-15)13-9-14(11-18-10-13)21-8-4-2/h6-7,9-12,16,20H,3-5,8H2,1-2H3. The lowest BCUT2D eigenvalue weighted by molar-refractivity contribution is 0.315. The van der Waals surface area contributed by atoms with E-state index in [0.29, 0.717) is 6.61 Å². The second-order valence-electron chi connectivity index (χ2n) is 4.82. The van der Waals surface area contributed by atoms with Gasteiger partial charge in [0.2, 0.25) is 0 Å². The Morgan fingerprint density at radius 1 is 1.10 bits per heavy atom. The lowest BCUT2D eigenvalue weighted by Crippen LogP contribution is -2.24. The fourth-order valence-electron chi connectivity index (χ4n) is 2.03. The first kappa shape index (κ1) is 15.4. The van der Waals surface area contributed by atoms with E-state index in [0.717, 1.165) is 36.4 Å². The highest BCUT2D eigenvalue weighted by atomic mass is 16.5. The first-order valence-electron chi connectivity index (χ1n) is 7.42. The number of hydrogen-bond donors (Lipinski definition) is 1. The minimum Gasteiger partial charge on any atom is -0.492 e. The van der Waals surface area contributed by atoms with Crippen molar-refractivity contribution in [3.63, 3.8) is 0 Å². The molecule has 5 nitrogen and oxygen atoms in total. The number of pyridine rings is 1. The van der Waals surface area contributed by atoms with Gasteiger partial charge in [-0.25, -0.2) is 0 Å². The van der Waals surface area contributed by atoms with E-state index in [9.17, 15) is 0 Å². The quantitative estimate of drug-likeness (QED) is 0.808. The molecule has 2 rings (SSSR count). The van der Waals surface area contributed by atoms with Crippen LogP contribution < -0.4 is 10.1 Å². The molecule has 0 saturated heterocycles. The summed E-state index contributed by atoms with van der Waals surface area (Å²) in [5.41, 5.74) is 1.93. The van der Waals surface area contributed by atoms with Crippen molar-refractivity contribution < 1.29 is 4.74 Å². The summed E-state index contributed by atoms with van der Waals surface area (Å²) in [6.45, 7) is 5.83. The molecular weight excluding hydrogens is 264 g/mol. The molecular formula is C16H22N4O. The summed E-state index contributed by atoms with van der Waals surface area (Å²) in [6.07, 6.45) is 10.8. The monoisotopic (exact) mass is 286 g/mol. The van der Waals surface area contributed by atoms with Crippen LogP contribution in [0.25, 0.3) is 0 Å². The van der Waals surface area contributed by atoms with Gasteiger partial charge < -0.3 is 10.1 Å². The van der Waals surface area contributed by atoms with Crippen molar-refractivity contribution in [2.45, 2.75) is 32.7 Å². The molecule has 0 fully saturated rings. The van der Waals surface area contributed by atoms with Crippen molar-refractivity contribution in [2.75, 3.05) is 13.2 Å². The van der Waals surface area contributed by atoms with Crippen molar-refractivity contribution in [2.24, 2.45) is 0 Å². The Bertz CT molecular complexity index is 533. The Balaban J connectivity index is 2.23. The Hall–Kier alpha value is -2.01. The van der Waals surface area contributed by atoms with E-state index >= 15 is 0 Å². The first-order chi connectivity index (χ1) is 10.3. The molecule has 2 heterocycles. The Kier molecular flexibility index (Phi) is 6.09. The van der Waals surface area contributed by atoms with Crippen LogP contribution in [0.15, 0.2) is 37.1 Å². The highest BCUT2D eigenvalue weighted by molar-refractivity contribution is 5.30. The largest absolute Gasteiger partial charge is 0.492 e. The third-order valence-corrected chi connectivity index (χ3v) is 3.02. The number of nitrogens with zero attached hydrogens (tertiary/aromatic N) is 3. The fourth-order valence-corrected chi connectivity index (χ4v) is 2.03. The zero-order valence-electron chi connectivity index (χ0n) is 12.6. The summed E-state index contributed by atoms with van der Waals surface area (Å²) in [4.78, 5) is 12.8. The zero-order chi connectivity index (χ0) is 14.9. The van der Waals surface area contributed by atoms with E-state index in [2.05, 4.69) is 34.1 Å². The molecule has 2 aromatic rings. The van der Waals surface area contributed by atoms with Gasteiger partial charge in [0.15, 0.2) is 0 Å². The van der Waals surface area contributed by atoms with E-state index in [1.54, 1.807) is 24.8 Å². The van der Waals surface area contributed by atoms with Crippen LogP contribution in [0, 0.1) is 0 Å². The molecule has 0 aliphatic heterocycles. The summed E-state index contributed by atoms with van der Waals surface area (Å²) in [6, 6.07) is 2.00. The van der Waals surface area contributed by atoms with E-state index in [-0.39, 0.29) is 6.04 Å². The van der Waals surface area contributed by atoms with Crippen LogP contribution in [0.4, 0.5) is 0 Å². The summed E-state index contributed by atoms with van der Waals surface area (Å²) >= 11 is 0. The number of hydrogen-bond acceptors (Lipinski definition) is 5. The molecule has 0 saturated carbocycles. The zero-order valence-corrected chi connectivity index (χ0v) is 12.6. The van der Waals surface area contributed by atoms with Crippen LogP contribution in [-0.4, -0.2) is 28.1 Å². The molecule has 1 unspecified atom stereocenters. The third-order valence-electron chi connectivity index (χ3n) is 3.02. The summed E-state index contributed by atoms with van der Waals surface area (Å²) in [7, 11) is 0. The first-order valence-corrected chi connectivity index (χ1v) is 7.42. The maximum absolute atomic E-state index is 5.66. The second kappa shape index (κ2) is 8.32. The van der Waals surface area contributed by atoms with Gasteiger partial charge in [-0.05, 0) is 31.0 Å². The molecule has 0 aliphatic carbocycles. The predicted molar refractivity (Wildman–Crippen MR) is 82.2 cm³/mol.